The molecule has 9 nitrogen and oxygen atoms in total. The lowest BCUT2D eigenvalue weighted by atomic mass is 9.99. The lowest BCUT2D eigenvalue weighted by Gasteiger charge is -2.42. The Bertz CT molecular complexity index is 1670. The largest absolute Gasteiger partial charge is 0.463 e. The molecule has 7 rings (SSSR count). The number of carbonyl (C=O) groups is 1. The monoisotopic (exact) mass is 609 g/mol. The number of aromatic nitrogens is 2. The molecule has 3 aromatic rings. The van der Waals surface area contributed by atoms with E-state index in [-0.39, 0.29) is 18.4 Å². The van der Waals surface area contributed by atoms with E-state index in [0.717, 1.165) is 49.4 Å². The van der Waals surface area contributed by atoms with E-state index in [0.29, 0.717) is 32.3 Å². The molecular formula is C35H40FN7O2. The second-order valence-electron chi connectivity index (χ2n) is 13.2. The second-order valence-corrected chi connectivity index (χ2v) is 13.2. The van der Waals surface area contributed by atoms with Crippen LogP contribution in [0.2, 0.25) is 0 Å². The minimum Gasteiger partial charge on any atom is -0.463 e. The number of aryl methyl sites for hydroxylation is 1. The fraction of sp³-hybridized carbons (Fsp3) is 0.486. The number of piperazine rings is 1. The third kappa shape index (κ3) is 5.82. The molecule has 1 amide bonds. The molecule has 1 aliphatic carbocycles. The average molecular weight is 610 g/mol. The molecule has 4 aliphatic rings. The summed E-state index contributed by atoms with van der Waals surface area (Å²) in [6.45, 7) is 11.9. The predicted octanol–water partition coefficient (Wildman–Crippen LogP) is 4.78. The number of nitriles is 1. The maximum Gasteiger partial charge on any atom is 0.318 e. The van der Waals surface area contributed by atoms with Crippen LogP contribution >= 0.6 is 0 Å². The molecule has 234 valence electrons. The number of anilines is 2. The number of hydrogen-bond donors (Lipinski definition) is 0. The zero-order chi connectivity index (χ0) is 31.1. The number of likely N-dealkylation sites (tertiary alicyclic amines) is 1. The van der Waals surface area contributed by atoms with Crippen molar-refractivity contribution in [2.24, 2.45) is 5.41 Å². The van der Waals surface area contributed by atoms with Crippen molar-refractivity contribution in [3.8, 4) is 12.1 Å². The number of ether oxygens (including phenoxy) is 1. The third-order valence-electron chi connectivity index (χ3n) is 10.0. The Kier molecular flexibility index (Phi) is 7.82. The molecule has 3 aliphatic heterocycles. The summed E-state index contributed by atoms with van der Waals surface area (Å²) in [5.74, 6) is -0.954. The van der Waals surface area contributed by atoms with Crippen LogP contribution in [0.4, 0.5) is 15.9 Å². The van der Waals surface area contributed by atoms with Crippen molar-refractivity contribution >= 4 is 28.2 Å². The van der Waals surface area contributed by atoms with Gasteiger partial charge < -0.3 is 24.3 Å². The molecule has 3 fully saturated rings. The Morgan fingerprint density at radius 3 is 2.62 bits per heavy atom. The standard InChI is InChI=1S/C35H40FN7O2/c1-24-6-3-7-26-8-4-9-30(31(24)26)41-17-11-28-29(21-41)38-34(45-23-35(12-13-35)22-40-15-5-16-40)39-32(28)42-18-19-43(33(44)25(2)36)27(20-42)10-14-37/h3-4,6-9,27H,2,5,10-13,15-23H2,1H3. The van der Waals surface area contributed by atoms with Crippen LogP contribution in [0.25, 0.3) is 10.8 Å². The van der Waals surface area contributed by atoms with E-state index in [1.807, 2.05) is 0 Å². The Morgan fingerprint density at radius 1 is 1.11 bits per heavy atom. The molecule has 2 aromatic carbocycles. The molecule has 0 bridgehead atoms. The summed E-state index contributed by atoms with van der Waals surface area (Å²) in [4.78, 5) is 31.0. The fourth-order valence-electron chi connectivity index (χ4n) is 7.20. The molecule has 1 unspecified atom stereocenters. The van der Waals surface area contributed by atoms with Crippen LogP contribution < -0.4 is 14.5 Å². The molecule has 0 N–H and O–H groups in total. The summed E-state index contributed by atoms with van der Waals surface area (Å²) >= 11 is 0. The average Bonchev–Trinajstić information content (AvgIpc) is 3.80. The normalized spacial score (nSPS) is 20.7. The van der Waals surface area contributed by atoms with Crippen LogP contribution in [0, 0.1) is 23.7 Å². The van der Waals surface area contributed by atoms with Gasteiger partial charge in [-0.2, -0.15) is 15.2 Å². The van der Waals surface area contributed by atoms with Crippen molar-refractivity contribution in [1.29, 1.82) is 5.26 Å². The molecule has 0 spiro atoms. The lowest BCUT2D eigenvalue weighted by molar-refractivity contribution is -0.131. The molecule has 45 heavy (non-hydrogen) atoms. The van der Waals surface area contributed by atoms with Crippen LogP contribution in [0.3, 0.4) is 0 Å². The number of rotatable bonds is 9. The van der Waals surface area contributed by atoms with E-state index in [4.69, 9.17) is 14.7 Å². The van der Waals surface area contributed by atoms with Crippen LogP contribution in [0.15, 0.2) is 48.8 Å². The van der Waals surface area contributed by atoms with Gasteiger partial charge in [0.05, 0.1) is 37.4 Å². The van der Waals surface area contributed by atoms with Crippen molar-refractivity contribution in [3.05, 3.63) is 65.6 Å². The second kappa shape index (κ2) is 11.9. The zero-order valence-corrected chi connectivity index (χ0v) is 26.0. The van der Waals surface area contributed by atoms with Gasteiger partial charge in [0.15, 0.2) is 5.83 Å². The van der Waals surface area contributed by atoms with Gasteiger partial charge in [0.25, 0.3) is 5.91 Å². The van der Waals surface area contributed by atoms with Crippen molar-refractivity contribution in [2.45, 2.75) is 51.6 Å². The highest BCUT2D eigenvalue weighted by Gasteiger charge is 2.46. The smallest absolute Gasteiger partial charge is 0.318 e. The Balaban J connectivity index is 1.20. The van der Waals surface area contributed by atoms with Gasteiger partial charge in [-0.1, -0.05) is 36.9 Å². The number of halogens is 1. The van der Waals surface area contributed by atoms with Gasteiger partial charge in [-0.3, -0.25) is 4.79 Å². The first-order valence-corrected chi connectivity index (χ1v) is 16.1. The first kappa shape index (κ1) is 29.5. The minimum absolute atomic E-state index is 0.0966. The Morgan fingerprint density at radius 2 is 1.91 bits per heavy atom. The van der Waals surface area contributed by atoms with E-state index >= 15 is 0 Å². The number of amides is 1. The van der Waals surface area contributed by atoms with Gasteiger partial charge >= 0.3 is 6.01 Å². The molecule has 1 aromatic heterocycles. The van der Waals surface area contributed by atoms with Crippen LogP contribution in [-0.2, 0) is 17.8 Å². The first-order valence-electron chi connectivity index (χ1n) is 16.1. The summed E-state index contributed by atoms with van der Waals surface area (Å²) in [7, 11) is 0. The highest BCUT2D eigenvalue weighted by molar-refractivity contribution is 5.97. The van der Waals surface area contributed by atoms with Crippen molar-refractivity contribution < 1.29 is 13.9 Å². The van der Waals surface area contributed by atoms with Crippen molar-refractivity contribution in [1.82, 2.24) is 19.8 Å². The van der Waals surface area contributed by atoms with Gasteiger partial charge in [0.1, 0.15) is 5.82 Å². The fourth-order valence-corrected chi connectivity index (χ4v) is 7.20. The summed E-state index contributed by atoms with van der Waals surface area (Å²) in [6.07, 6.45) is 4.42. The predicted molar refractivity (Wildman–Crippen MR) is 172 cm³/mol. The van der Waals surface area contributed by atoms with E-state index in [9.17, 15) is 14.4 Å². The first-order chi connectivity index (χ1) is 21.8. The summed E-state index contributed by atoms with van der Waals surface area (Å²) in [5.41, 5.74) is 4.61. The van der Waals surface area contributed by atoms with Gasteiger partial charge in [0, 0.05) is 54.8 Å². The number of hydrogen-bond acceptors (Lipinski definition) is 8. The van der Waals surface area contributed by atoms with Gasteiger partial charge in [-0.25, -0.2) is 4.39 Å². The Hall–Kier alpha value is -4.23. The molecule has 4 heterocycles. The molecular weight excluding hydrogens is 569 g/mol. The molecule has 1 atom stereocenters. The summed E-state index contributed by atoms with van der Waals surface area (Å²) in [6, 6.07) is 15.0. The van der Waals surface area contributed by atoms with Gasteiger partial charge in [-0.15, -0.1) is 0 Å². The van der Waals surface area contributed by atoms with Gasteiger partial charge in [-0.05, 0) is 62.7 Å². The van der Waals surface area contributed by atoms with Gasteiger partial charge in [0.2, 0.25) is 0 Å². The number of nitrogens with zero attached hydrogens (tertiary/aromatic N) is 7. The zero-order valence-electron chi connectivity index (χ0n) is 26.0. The summed E-state index contributed by atoms with van der Waals surface area (Å²) in [5, 5.41) is 12.0. The minimum atomic E-state index is -1.00. The third-order valence-corrected chi connectivity index (χ3v) is 10.0. The van der Waals surface area contributed by atoms with Crippen molar-refractivity contribution in [3.63, 3.8) is 0 Å². The number of carbonyl (C=O) groups excluding carboxylic acids is 1. The Labute approximate surface area is 263 Å². The topological polar surface area (TPSA) is 88.8 Å². The SMILES string of the molecule is C=C(F)C(=O)N1CCN(c2nc(OCC3(CN4CCC4)CC3)nc3c2CCN(c2cccc4cccc(C)c24)C3)CC1CC#N. The number of benzene rings is 2. The lowest BCUT2D eigenvalue weighted by Crippen LogP contribution is -2.55. The van der Waals surface area contributed by atoms with Crippen LogP contribution in [0.5, 0.6) is 6.01 Å². The molecule has 1 saturated carbocycles. The van der Waals surface area contributed by atoms with Crippen molar-refractivity contribution in [2.75, 3.05) is 62.2 Å². The quantitative estimate of drug-likeness (QED) is 0.321. The highest BCUT2D eigenvalue weighted by Crippen LogP contribution is 2.47. The van der Waals surface area contributed by atoms with Crippen LogP contribution in [0.1, 0.15) is 42.5 Å². The van der Waals surface area contributed by atoms with Crippen LogP contribution in [-0.4, -0.2) is 84.1 Å². The van der Waals surface area contributed by atoms with E-state index in [1.54, 1.807) is 0 Å². The maximum absolute atomic E-state index is 13.9. The number of fused-ring (bicyclic) bond motifs is 2. The highest BCUT2D eigenvalue weighted by atomic mass is 19.1. The molecule has 10 heteroatoms. The molecule has 2 saturated heterocycles. The van der Waals surface area contributed by atoms with E-state index in [1.165, 1.54) is 46.4 Å². The molecule has 0 radical (unpaired) electrons. The maximum atomic E-state index is 13.9. The van der Waals surface area contributed by atoms with E-state index in [2.05, 4.69) is 70.7 Å². The van der Waals surface area contributed by atoms with E-state index < -0.39 is 17.8 Å². The summed E-state index contributed by atoms with van der Waals surface area (Å²) < 4.78 is 20.3.